The molecule has 4 heteroatoms. The Morgan fingerprint density at radius 1 is 1.42 bits per heavy atom. The quantitative estimate of drug-likeness (QED) is 0.888. The SMILES string of the molecule is CNC(=O)N(C)CCc1ccc(OC)c(C(C)C)c1. The van der Waals surface area contributed by atoms with E-state index in [4.69, 9.17) is 4.74 Å². The lowest BCUT2D eigenvalue weighted by Crippen LogP contribution is -2.36. The number of rotatable bonds is 5. The third kappa shape index (κ3) is 4.16. The normalized spacial score (nSPS) is 10.4. The van der Waals surface area contributed by atoms with Crippen LogP contribution in [-0.4, -0.2) is 38.7 Å². The molecule has 0 aliphatic carbocycles. The van der Waals surface area contributed by atoms with Crippen LogP contribution in [0.4, 0.5) is 4.79 Å². The molecule has 1 N–H and O–H groups in total. The van der Waals surface area contributed by atoms with Crippen LogP contribution < -0.4 is 10.1 Å². The van der Waals surface area contributed by atoms with Gasteiger partial charge in [-0.2, -0.15) is 0 Å². The molecular formula is C15H24N2O2. The molecular weight excluding hydrogens is 240 g/mol. The van der Waals surface area contributed by atoms with Crippen molar-refractivity contribution in [3.05, 3.63) is 29.3 Å². The molecule has 0 saturated carbocycles. The summed E-state index contributed by atoms with van der Waals surface area (Å²) in [5.41, 5.74) is 2.43. The van der Waals surface area contributed by atoms with Gasteiger partial charge in [0.15, 0.2) is 0 Å². The summed E-state index contributed by atoms with van der Waals surface area (Å²) in [4.78, 5) is 13.1. The minimum absolute atomic E-state index is 0.0578. The van der Waals surface area contributed by atoms with Crippen molar-refractivity contribution in [2.45, 2.75) is 26.2 Å². The second-order valence-corrected chi connectivity index (χ2v) is 4.96. The molecule has 0 spiro atoms. The van der Waals surface area contributed by atoms with Gasteiger partial charge in [-0.25, -0.2) is 4.79 Å². The fraction of sp³-hybridized carbons (Fsp3) is 0.533. The molecule has 1 aromatic rings. The second-order valence-electron chi connectivity index (χ2n) is 4.96. The molecule has 2 amide bonds. The summed E-state index contributed by atoms with van der Waals surface area (Å²) >= 11 is 0. The van der Waals surface area contributed by atoms with Crippen LogP contribution in [-0.2, 0) is 6.42 Å². The van der Waals surface area contributed by atoms with Gasteiger partial charge >= 0.3 is 6.03 Å². The number of benzene rings is 1. The molecule has 106 valence electrons. The van der Waals surface area contributed by atoms with Crippen molar-refractivity contribution in [1.82, 2.24) is 10.2 Å². The summed E-state index contributed by atoms with van der Waals surface area (Å²) in [6, 6.07) is 6.17. The van der Waals surface area contributed by atoms with Gasteiger partial charge in [-0.1, -0.05) is 26.0 Å². The number of hydrogen-bond acceptors (Lipinski definition) is 2. The average molecular weight is 264 g/mol. The molecule has 0 unspecified atom stereocenters. The van der Waals surface area contributed by atoms with Gasteiger partial charge in [0.25, 0.3) is 0 Å². The molecule has 0 aliphatic heterocycles. The van der Waals surface area contributed by atoms with Gasteiger partial charge in [0.2, 0.25) is 0 Å². The Hall–Kier alpha value is -1.71. The first-order chi connectivity index (χ1) is 8.99. The van der Waals surface area contributed by atoms with Crippen molar-refractivity contribution in [2.75, 3.05) is 27.7 Å². The largest absolute Gasteiger partial charge is 0.496 e. The van der Waals surface area contributed by atoms with E-state index in [2.05, 4.69) is 31.3 Å². The first kappa shape index (κ1) is 15.3. The lowest BCUT2D eigenvalue weighted by molar-refractivity contribution is 0.211. The van der Waals surface area contributed by atoms with Crippen molar-refractivity contribution >= 4 is 6.03 Å². The van der Waals surface area contributed by atoms with Crippen molar-refractivity contribution in [2.24, 2.45) is 0 Å². The van der Waals surface area contributed by atoms with Gasteiger partial charge in [0, 0.05) is 20.6 Å². The Labute approximate surface area is 115 Å². The Balaban J connectivity index is 2.75. The van der Waals surface area contributed by atoms with Crippen molar-refractivity contribution in [1.29, 1.82) is 0 Å². The molecule has 4 nitrogen and oxygen atoms in total. The van der Waals surface area contributed by atoms with Gasteiger partial charge in [-0.15, -0.1) is 0 Å². The molecule has 0 fully saturated rings. The fourth-order valence-corrected chi connectivity index (χ4v) is 1.98. The predicted octanol–water partition coefficient (Wildman–Crippen LogP) is 2.63. The maximum atomic E-state index is 11.4. The number of carbonyl (C=O) groups is 1. The van der Waals surface area contributed by atoms with Crippen LogP contribution in [0.2, 0.25) is 0 Å². The zero-order valence-corrected chi connectivity index (χ0v) is 12.5. The van der Waals surface area contributed by atoms with Crippen LogP contribution in [0.3, 0.4) is 0 Å². The van der Waals surface area contributed by atoms with E-state index in [9.17, 15) is 4.79 Å². The Kier molecular flexibility index (Phi) is 5.67. The highest BCUT2D eigenvalue weighted by Gasteiger charge is 2.10. The second kappa shape index (κ2) is 7.02. The smallest absolute Gasteiger partial charge is 0.316 e. The summed E-state index contributed by atoms with van der Waals surface area (Å²) in [5.74, 6) is 1.35. The summed E-state index contributed by atoms with van der Waals surface area (Å²) in [6.45, 7) is 5.00. The molecule has 19 heavy (non-hydrogen) atoms. The topological polar surface area (TPSA) is 41.6 Å². The number of nitrogens with one attached hydrogen (secondary N) is 1. The van der Waals surface area contributed by atoms with Gasteiger partial charge in [0.1, 0.15) is 5.75 Å². The number of urea groups is 1. The number of ether oxygens (including phenoxy) is 1. The van der Waals surface area contributed by atoms with E-state index in [-0.39, 0.29) is 6.03 Å². The first-order valence-corrected chi connectivity index (χ1v) is 6.59. The minimum atomic E-state index is -0.0578. The maximum absolute atomic E-state index is 11.4. The van der Waals surface area contributed by atoms with Gasteiger partial charge < -0.3 is 15.0 Å². The molecule has 0 aromatic heterocycles. The number of likely N-dealkylation sites (N-methyl/N-ethyl adjacent to an activating group) is 1. The van der Waals surface area contributed by atoms with Crippen LogP contribution in [0.1, 0.15) is 30.9 Å². The van der Waals surface area contributed by atoms with E-state index in [1.165, 1.54) is 11.1 Å². The van der Waals surface area contributed by atoms with E-state index in [0.717, 1.165) is 12.2 Å². The zero-order chi connectivity index (χ0) is 14.4. The van der Waals surface area contributed by atoms with Gasteiger partial charge in [0.05, 0.1) is 7.11 Å². The van der Waals surface area contributed by atoms with Gasteiger partial charge in [-0.3, -0.25) is 0 Å². The maximum Gasteiger partial charge on any atom is 0.316 e. The summed E-state index contributed by atoms with van der Waals surface area (Å²) in [5, 5.41) is 2.62. The summed E-state index contributed by atoms with van der Waals surface area (Å²) < 4.78 is 5.37. The van der Waals surface area contributed by atoms with E-state index in [0.29, 0.717) is 12.5 Å². The lowest BCUT2D eigenvalue weighted by atomic mass is 9.98. The van der Waals surface area contributed by atoms with E-state index < -0.39 is 0 Å². The number of methoxy groups -OCH3 is 1. The summed E-state index contributed by atoms with van der Waals surface area (Å²) in [7, 11) is 5.13. The third-order valence-electron chi connectivity index (χ3n) is 3.21. The molecule has 1 aromatic carbocycles. The fourth-order valence-electron chi connectivity index (χ4n) is 1.98. The number of hydrogen-bond donors (Lipinski definition) is 1. The Morgan fingerprint density at radius 2 is 2.11 bits per heavy atom. The molecule has 1 rings (SSSR count). The highest BCUT2D eigenvalue weighted by atomic mass is 16.5. The van der Waals surface area contributed by atoms with Gasteiger partial charge in [-0.05, 0) is 29.5 Å². The van der Waals surface area contributed by atoms with Crippen LogP contribution >= 0.6 is 0 Å². The molecule has 0 aliphatic rings. The van der Waals surface area contributed by atoms with E-state index >= 15 is 0 Å². The molecule has 0 radical (unpaired) electrons. The number of carbonyl (C=O) groups excluding carboxylic acids is 1. The van der Waals surface area contributed by atoms with E-state index in [1.807, 2.05) is 6.07 Å². The Morgan fingerprint density at radius 3 is 2.63 bits per heavy atom. The van der Waals surface area contributed by atoms with Crippen molar-refractivity contribution in [3.8, 4) is 5.75 Å². The summed E-state index contributed by atoms with van der Waals surface area (Å²) in [6.07, 6.45) is 0.841. The molecule has 0 heterocycles. The molecule has 0 saturated heterocycles. The average Bonchev–Trinajstić information content (AvgIpc) is 2.43. The first-order valence-electron chi connectivity index (χ1n) is 6.59. The van der Waals surface area contributed by atoms with E-state index in [1.54, 1.807) is 26.1 Å². The van der Waals surface area contributed by atoms with Crippen LogP contribution in [0.15, 0.2) is 18.2 Å². The van der Waals surface area contributed by atoms with Crippen LogP contribution in [0, 0.1) is 0 Å². The van der Waals surface area contributed by atoms with Crippen LogP contribution in [0.5, 0.6) is 5.75 Å². The van der Waals surface area contributed by atoms with Crippen LogP contribution in [0.25, 0.3) is 0 Å². The standard InChI is InChI=1S/C15H24N2O2/c1-11(2)13-10-12(6-7-14(13)19-5)8-9-17(4)15(18)16-3/h6-7,10-11H,8-9H2,1-5H3,(H,16,18). The monoisotopic (exact) mass is 264 g/mol. The minimum Gasteiger partial charge on any atom is -0.496 e. The zero-order valence-electron chi connectivity index (χ0n) is 12.5. The third-order valence-corrected chi connectivity index (χ3v) is 3.21. The highest BCUT2D eigenvalue weighted by molar-refractivity contribution is 5.73. The molecule has 0 atom stereocenters. The number of amides is 2. The Bertz CT molecular complexity index is 430. The van der Waals surface area contributed by atoms with Crippen molar-refractivity contribution in [3.63, 3.8) is 0 Å². The predicted molar refractivity (Wildman–Crippen MR) is 77.9 cm³/mol. The molecule has 0 bridgehead atoms. The number of nitrogens with zero attached hydrogens (tertiary/aromatic N) is 1. The lowest BCUT2D eigenvalue weighted by Gasteiger charge is -2.17. The highest BCUT2D eigenvalue weighted by Crippen LogP contribution is 2.27. The van der Waals surface area contributed by atoms with Crippen molar-refractivity contribution < 1.29 is 9.53 Å².